The molecular weight excluding hydrogens is 264 g/mol. The van der Waals surface area contributed by atoms with Crippen LogP contribution in [0.1, 0.15) is 12.8 Å². The van der Waals surface area contributed by atoms with Gasteiger partial charge in [-0.25, -0.2) is 4.79 Å². The third kappa shape index (κ3) is 6.37. The van der Waals surface area contributed by atoms with Crippen LogP contribution in [0.2, 0.25) is 0 Å². The second-order valence-corrected chi connectivity index (χ2v) is 4.80. The molecule has 1 aliphatic rings. The maximum Gasteiger partial charge on any atom is 0.322 e. The molecule has 0 radical (unpaired) electrons. The number of nitrogens with zero attached hydrogens (tertiary/aromatic N) is 2. The molecule has 0 bridgehead atoms. The molecule has 0 aromatic heterocycles. The number of rotatable bonds is 7. The van der Waals surface area contributed by atoms with Gasteiger partial charge < -0.3 is 25.5 Å². The molecule has 3 amide bonds. The van der Waals surface area contributed by atoms with E-state index < -0.39 is 18.4 Å². The lowest BCUT2D eigenvalue weighted by Crippen LogP contribution is -2.45. The minimum absolute atomic E-state index is 0.222. The molecule has 0 atom stereocenters. The smallest absolute Gasteiger partial charge is 0.322 e. The Balaban J connectivity index is 2.13. The Kier molecular flexibility index (Phi) is 6.78. The standard InChI is InChI=1S/C12H22N4O4/c1-15(6-7-16-4-2-3-5-16)12(20)14-8-10(17)13-9-11(18)19/h2-9H2,1H3,(H,13,17)(H,14,20)(H,18,19). The molecule has 3 N–H and O–H groups in total. The van der Waals surface area contributed by atoms with Crippen molar-refractivity contribution in [1.82, 2.24) is 20.4 Å². The summed E-state index contributed by atoms with van der Waals surface area (Å²) in [5.41, 5.74) is 0. The Labute approximate surface area is 118 Å². The van der Waals surface area contributed by atoms with Crippen LogP contribution in [-0.4, -0.2) is 79.1 Å². The van der Waals surface area contributed by atoms with Gasteiger partial charge in [-0.1, -0.05) is 0 Å². The van der Waals surface area contributed by atoms with Gasteiger partial charge in [0.25, 0.3) is 0 Å². The van der Waals surface area contributed by atoms with E-state index in [0.717, 1.165) is 19.6 Å². The summed E-state index contributed by atoms with van der Waals surface area (Å²) in [5.74, 6) is -1.64. The topological polar surface area (TPSA) is 102 Å². The van der Waals surface area contributed by atoms with Crippen LogP contribution in [0.15, 0.2) is 0 Å². The maximum absolute atomic E-state index is 11.7. The van der Waals surface area contributed by atoms with Crippen LogP contribution in [0.25, 0.3) is 0 Å². The van der Waals surface area contributed by atoms with Gasteiger partial charge in [0.05, 0.1) is 6.54 Å². The van der Waals surface area contributed by atoms with E-state index in [4.69, 9.17) is 5.11 Å². The lowest BCUT2D eigenvalue weighted by molar-refractivity contribution is -0.137. The Morgan fingerprint density at radius 2 is 1.80 bits per heavy atom. The molecule has 0 unspecified atom stereocenters. The van der Waals surface area contributed by atoms with Crippen molar-refractivity contribution in [2.24, 2.45) is 0 Å². The summed E-state index contributed by atoms with van der Waals surface area (Å²) >= 11 is 0. The van der Waals surface area contributed by atoms with E-state index in [-0.39, 0.29) is 12.6 Å². The number of carbonyl (C=O) groups is 3. The first kappa shape index (κ1) is 16.2. The summed E-state index contributed by atoms with van der Waals surface area (Å²) < 4.78 is 0. The predicted octanol–water partition coefficient (Wildman–Crippen LogP) is -1.08. The van der Waals surface area contributed by atoms with E-state index in [1.54, 1.807) is 7.05 Å². The summed E-state index contributed by atoms with van der Waals surface area (Å²) in [6.45, 7) is 2.91. The van der Waals surface area contributed by atoms with Gasteiger partial charge in [-0.2, -0.15) is 0 Å². The highest BCUT2D eigenvalue weighted by atomic mass is 16.4. The van der Waals surface area contributed by atoms with Crippen molar-refractivity contribution in [3.05, 3.63) is 0 Å². The van der Waals surface area contributed by atoms with Crippen LogP contribution < -0.4 is 10.6 Å². The summed E-state index contributed by atoms with van der Waals surface area (Å²) in [6.07, 6.45) is 2.42. The highest BCUT2D eigenvalue weighted by molar-refractivity contribution is 5.86. The first-order valence-electron chi connectivity index (χ1n) is 6.69. The van der Waals surface area contributed by atoms with Crippen molar-refractivity contribution in [3.8, 4) is 0 Å². The number of likely N-dealkylation sites (N-methyl/N-ethyl adjacent to an activating group) is 1. The van der Waals surface area contributed by atoms with Crippen molar-refractivity contribution < 1.29 is 19.5 Å². The molecule has 0 aromatic carbocycles. The molecule has 20 heavy (non-hydrogen) atoms. The van der Waals surface area contributed by atoms with Gasteiger partial charge in [-0.3, -0.25) is 9.59 Å². The van der Waals surface area contributed by atoms with Gasteiger partial charge in [0, 0.05) is 20.1 Å². The van der Waals surface area contributed by atoms with Crippen LogP contribution >= 0.6 is 0 Å². The largest absolute Gasteiger partial charge is 0.480 e. The summed E-state index contributed by atoms with van der Waals surface area (Å²) in [6, 6.07) is -0.338. The number of carbonyl (C=O) groups excluding carboxylic acids is 2. The lowest BCUT2D eigenvalue weighted by atomic mass is 10.4. The summed E-state index contributed by atoms with van der Waals surface area (Å²) in [4.78, 5) is 37.0. The van der Waals surface area contributed by atoms with Gasteiger partial charge in [-0.15, -0.1) is 0 Å². The van der Waals surface area contributed by atoms with E-state index in [9.17, 15) is 14.4 Å². The Morgan fingerprint density at radius 1 is 1.15 bits per heavy atom. The fourth-order valence-electron chi connectivity index (χ4n) is 1.93. The number of carboxylic acids is 1. The average Bonchev–Trinajstić information content (AvgIpc) is 2.92. The van der Waals surface area contributed by atoms with Gasteiger partial charge >= 0.3 is 12.0 Å². The fourth-order valence-corrected chi connectivity index (χ4v) is 1.93. The first-order chi connectivity index (χ1) is 9.49. The zero-order valence-corrected chi connectivity index (χ0v) is 11.7. The molecule has 114 valence electrons. The van der Waals surface area contributed by atoms with Gasteiger partial charge in [0.15, 0.2) is 0 Å². The van der Waals surface area contributed by atoms with E-state index in [1.165, 1.54) is 17.7 Å². The third-order valence-electron chi connectivity index (χ3n) is 3.13. The molecule has 1 saturated heterocycles. The van der Waals surface area contributed by atoms with Crippen molar-refractivity contribution in [2.45, 2.75) is 12.8 Å². The highest BCUT2D eigenvalue weighted by Gasteiger charge is 2.14. The maximum atomic E-state index is 11.7. The van der Waals surface area contributed by atoms with Crippen LogP contribution in [0, 0.1) is 0 Å². The molecule has 0 aromatic rings. The quantitative estimate of drug-likeness (QED) is 0.553. The Bertz CT molecular complexity index is 355. The molecule has 8 nitrogen and oxygen atoms in total. The number of amides is 3. The second-order valence-electron chi connectivity index (χ2n) is 4.80. The number of aliphatic carboxylic acids is 1. The van der Waals surface area contributed by atoms with Crippen LogP contribution in [0.5, 0.6) is 0 Å². The molecule has 1 heterocycles. The van der Waals surface area contributed by atoms with Crippen molar-refractivity contribution in [1.29, 1.82) is 0 Å². The number of carboxylic acid groups (broad SMARTS) is 1. The summed E-state index contributed by atoms with van der Waals surface area (Å²) in [5, 5.41) is 13.0. The number of hydrogen-bond acceptors (Lipinski definition) is 4. The zero-order chi connectivity index (χ0) is 15.0. The highest BCUT2D eigenvalue weighted by Crippen LogP contribution is 2.06. The number of nitrogens with one attached hydrogen (secondary N) is 2. The molecule has 1 rings (SSSR count). The molecule has 1 fully saturated rings. The molecule has 0 spiro atoms. The minimum Gasteiger partial charge on any atom is -0.480 e. The molecule has 8 heteroatoms. The van der Waals surface area contributed by atoms with Crippen molar-refractivity contribution in [3.63, 3.8) is 0 Å². The minimum atomic E-state index is -1.12. The number of hydrogen-bond donors (Lipinski definition) is 3. The third-order valence-corrected chi connectivity index (χ3v) is 3.13. The SMILES string of the molecule is CN(CCN1CCCC1)C(=O)NCC(=O)NCC(=O)O. The van der Waals surface area contributed by atoms with Crippen LogP contribution in [-0.2, 0) is 9.59 Å². The predicted molar refractivity (Wildman–Crippen MR) is 72.3 cm³/mol. The van der Waals surface area contributed by atoms with Crippen LogP contribution in [0.3, 0.4) is 0 Å². The van der Waals surface area contributed by atoms with Gasteiger partial charge in [-0.05, 0) is 25.9 Å². The Morgan fingerprint density at radius 3 is 2.40 bits per heavy atom. The van der Waals surface area contributed by atoms with E-state index in [1.807, 2.05) is 0 Å². The van der Waals surface area contributed by atoms with Crippen molar-refractivity contribution >= 4 is 17.9 Å². The summed E-state index contributed by atoms with van der Waals surface area (Å²) in [7, 11) is 1.67. The monoisotopic (exact) mass is 286 g/mol. The van der Waals surface area contributed by atoms with Crippen LogP contribution in [0.4, 0.5) is 4.79 Å². The van der Waals surface area contributed by atoms with Crippen molar-refractivity contribution in [2.75, 3.05) is 46.3 Å². The normalized spacial score (nSPS) is 14.8. The second kappa shape index (κ2) is 8.36. The molecule has 0 aliphatic carbocycles. The average molecular weight is 286 g/mol. The number of urea groups is 1. The fraction of sp³-hybridized carbons (Fsp3) is 0.750. The Hall–Kier alpha value is -1.83. The molecule has 1 aliphatic heterocycles. The first-order valence-corrected chi connectivity index (χ1v) is 6.69. The van der Waals surface area contributed by atoms with Gasteiger partial charge in [0.2, 0.25) is 5.91 Å². The molecular formula is C12H22N4O4. The number of likely N-dealkylation sites (tertiary alicyclic amines) is 1. The van der Waals surface area contributed by atoms with Gasteiger partial charge in [0.1, 0.15) is 6.54 Å². The van der Waals surface area contributed by atoms with E-state index in [0.29, 0.717) is 6.54 Å². The lowest BCUT2D eigenvalue weighted by Gasteiger charge is -2.21. The molecule has 0 saturated carbocycles. The zero-order valence-electron chi connectivity index (χ0n) is 11.7. The van der Waals surface area contributed by atoms with E-state index in [2.05, 4.69) is 15.5 Å². The van der Waals surface area contributed by atoms with E-state index >= 15 is 0 Å².